The Morgan fingerprint density at radius 1 is 0.952 bits per heavy atom. The van der Waals surface area contributed by atoms with Crippen molar-refractivity contribution < 1.29 is 8.42 Å². The molecule has 0 bridgehead atoms. The van der Waals surface area contributed by atoms with Crippen molar-refractivity contribution in [1.82, 2.24) is 0 Å². The van der Waals surface area contributed by atoms with Gasteiger partial charge in [0.2, 0.25) is 0 Å². The molecule has 0 aliphatic rings. The third kappa shape index (κ3) is 3.88. The highest BCUT2D eigenvalue weighted by Gasteiger charge is 2.20. The molecule has 0 radical (unpaired) electrons. The van der Waals surface area contributed by atoms with E-state index in [1.807, 2.05) is 25.1 Å². The van der Waals surface area contributed by atoms with Crippen LogP contribution >= 0.6 is 47.8 Å². The molecule has 0 heterocycles. The summed E-state index contributed by atoms with van der Waals surface area (Å²) >= 11 is 10.1. The quantitative estimate of drug-likeness (QED) is 0.618. The molecule has 21 heavy (non-hydrogen) atoms. The predicted molar refractivity (Wildman–Crippen MR) is 96.3 cm³/mol. The average Bonchev–Trinajstić information content (AvgIpc) is 2.36. The summed E-state index contributed by atoms with van der Waals surface area (Å²) in [5.74, 6) is 0. The number of sulfonamides is 1. The molecule has 1 N–H and O–H groups in total. The van der Waals surface area contributed by atoms with Crippen LogP contribution < -0.4 is 4.72 Å². The fraction of sp³-hybridized carbons (Fsp3) is 0.143. The zero-order valence-corrected chi connectivity index (χ0v) is 16.8. The zero-order chi connectivity index (χ0) is 15.8. The molecule has 2 aromatic carbocycles. The van der Waals surface area contributed by atoms with Crippen LogP contribution in [-0.2, 0) is 10.0 Å². The van der Waals surface area contributed by atoms with Gasteiger partial charge < -0.3 is 0 Å². The summed E-state index contributed by atoms with van der Waals surface area (Å²) in [7, 11) is -3.66. The lowest BCUT2D eigenvalue weighted by Crippen LogP contribution is -2.15. The summed E-state index contributed by atoms with van der Waals surface area (Å²) in [6, 6.07) is 8.88. The fourth-order valence-electron chi connectivity index (χ4n) is 1.85. The number of benzene rings is 2. The molecular formula is C14H12Br3NO2S. The van der Waals surface area contributed by atoms with Gasteiger partial charge >= 0.3 is 0 Å². The van der Waals surface area contributed by atoms with Crippen molar-refractivity contribution in [3.8, 4) is 0 Å². The van der Waals surface area contributed by atoms with Crippen molar-refractivity contribution in [2.45, 2.75) is 18.7 Å². The standard InChI is InChI=1S/C14H12Br3NO2S/c1-8-5-11(16)14(12(17)6-8)18-21(19,20)13-7-10(15)4-3-9(13)2/h3-7,18H,1-2H3. The molecule has 0 saturated carbocycles. The topological polar surface area (TPSA) is 46.2 Å². The third-order valence-electron chi connectivity index (χ3n) is 2.86. The van der Waals surface area contributed by atoms with E-state index in [1.165, 1.54) is 0 Å². The lowest BCUT2D eigenvalue weighted by Gasteiger charge is -2.14. The molecule has 2 rings (SSSR count). The van der Waals surface area contributed by atoms with E-state index in [9.17, 15) is 8.42 Å². The Bertz CT molecular complexity index is 781. The summed E-state index contributed by atoms with van der Waals surface area (Å²) < 4.78 is 29.9. The monoisotopic (exact) mass is 495 g/mol. The summed E-state index contributed by atoms with van der Waals surface area (Å²) in [5.41, 5.74) is 2.19. The molecule has 0 unspecified atom stereocenters. The number of nitrogens with one attached hydrogen (secondary N) is 1. The Kier molecular flexibility index (Phi) is 5.18. The first-order valence-electron chi connectivity index (χ1n) is 5.95. The Morgan fingerprint density at radius 2 is 1.52 bits per heavy atom. The molecular weight excluding hydrogens is 486 g/mol. The summed E-state index contributed by atoms with van der Waals surface area (Å²) in [4.78, 5) is 0.247. The number of hydrogen-bond donors (Lipinski definition) is 1. The van der Waals surface area contributed by atoms with Gasteiger partial charge in [-0.05, 0) is 81.1 Å². The van der Waals surface area contributed by atoms with Crippen LogP contribution in [0.5, 0.6) is 0 Å². The van der Waals surface area contributed by atoms with Crippen molar-refractivity contribution in [1.29, 1.82) is 0 Å². The Labute approximate surface area is 149 Å². The molecule has 0 spiro atoms. The normalized spacial score (nSPS) is 11.5. The molecule has 0 amide bonds. The van der Waals surface area contributed by atoms with Gasteiger partial charge in [0.05, 0.1) is 10.6 Å². The maximum Gasteiger partial charge on any atom is 0.262 e. The second-order valence-corrected chi connectivity index (χ2v) is 8.89. The highest BCUT2D eigenvalue weighted by molar-refractivity contribution is 9.11. The fourth-order valence-corrected chi connectivity index (χ4v) is 5.61. The van der Waals surface area contributed by atoms with E-state index in [0.717, 1.165) is 10.0 Å². The van der Waals surface area contributed by atoms with Crippen molar-refractivity contribution in [3.63, 3.8) is 0 Å². The maximum absolute atomic E-state index is 12.6. The van der Waals surface area contributed by atoms with Crippen LogP contribution in [0.25, 0.3) is 0 Å². The minimum Gasteiger partial charge on any atom is -0.277 e. The first kappa shape index (κ1) is 17.0. The van der Waals surface area contributed by atoms with Crippen LogP contribution in [0.1, 0.15) is 11.1 Å². The van der Waals surface area contributed by atoms with Crippen molar-refractivity contribution in [2.75, 3.05) is 4.72 Å². The SMILES string of the molecule is Cc1cc(Br)c(NS(=O)(=O)c2cc(Br)ccc2C)c(Br)c1. The second kappa shape index (κ2) is 6.40. The minimum atomic E-state index is -3.66. The lowest BCUT2D eigenvalue weighted by atomic mass is 10.2. The Morgan fingerprint density at radius 3 is 2.10 bits per heavy atom. The van der Waals surface area contributed by atoms with Crippen molar-refractivity contribution in [2.24, 2.45) is 0 Å². The van der Waals surface area contributed by atoms with Gasteiger partial charge in [-0.25, -0.2) is 8.42 Å². The van der Waals surface area contributed by atoms with E-state index in [1.54, 1.807) is 19.1 Å². The van der Waals surface area contributed by atoms with Crippen LogP contribution in [-0.4, -0.2) is 8.42 Å². The van der Waals surface area contributed by atoms with Gasteiger partial charge in [0, 0.05) is 13.4 Å². The Balaban J connectivity index is 2.50. The summed E-state index contributed by atoms with van der Waals surface area (Å²) in [6.45, 7) is 3.70. The number of anilines is 1. The van der Waals surface area contributed by atoms with E-state index in [2.05, 4.69) is 52.5 Å². The predicted octanol–water partition coefficient (Wildman–Crippen LogP) is 5.39. The van der Waals surface area contributed by atoms with E-state index < -0.39 is 10.0 Å². The number of hydrogen-bond acceptors (Lipinski definition) is 2. The van der Waals surface area contributed by atoms with E-state index in [4.69, 9.17) is 0 Å². The van der Waals surface area contributed by atoms with Crippen LogP contribution in [0.4, 0.5) is 5.69 Å². The lowest BCUT2D eigenvalue weighted by molar-refractivity contribution is 0.600. The molecule has 7 heteroatoms. The number of halogens is 3. The molecule has 0 saturated heterocycles. The first-order chi connectivity index (χ1) is 9.70. The van der Waals surface area contributed by atoms with Crippen LogP contribution in [0.2, 0.25) is 0 Å². The molecule has 2 aromatic rings. The van der Waals surface area contributed by atoms with Crippen LogP contribution in [0.15, 0.2) is 48.6 Å². The molecule has 0 fully saturated rings. The van der Waals surface area contributed by atoms with Gasteiger partial charge in [0.25, 0.3) is 10.0 Å². The summed E-state index contributed by atoms with van der Waals surface area (Å²) in [6.07, 6.45) is 0. The second-order valence-electron chi connectivity index (χ2n) is 4.62. The van der Waals surface area contributed by atoms with Crippen LogP contribution in [0, 0.1) is 13.8 Å². The average molecular weight is 498 g/mol. The maximum atomic E-state index is 12.6. The van der Waals surface area contributed by atoms with E-state index in [-0.39, 0.29) is 4.90 Å². The molecule has 112 valence electrons. The third-order valence-corrected chi connectivity index (χ3v) is 6.10. The molecule has 3 nitrogen and oxygen atoms in total. The van der Waals surface area contributed by atoms with E-state index >= 15 is 0 Å². The van der Waals surface area contributed by atoms with Gasteiger partial charge in [-0.2, -0.15) is 0 Å². The van der Waals surface area contributed by atoms with Gasteiger partial charge in [-0.3, -0.25) is 4.72 Å². The Hall–Kier alpha value is -0.370. The zero-order valence-electron chi connectivity index (χ0n) is 11.2. The van der Waals surface area contributed by atoms with Gasteiger partial charge in [0.1, 0.15) is 0 Å². The molecule has 0 aliphatic carbocycles. The molecule has 0 atom stereocenters. The number of rotatable bonds is 3. The highest BCUT2D eigenvalue weighted by atomic mass is 79.9. The smallest absolute Gasteiger partial charge is 0.262 e. The van der Waals surface area contributed by atoms with Crippen LogP contribution in [0.3, 0.4) is 0 Å². The first-order valence-corrected chi connectivity index (χ1v) is 9.81. The van der Waals surface area contributed by atoms with Gasteiger partial charge in [-0.15, -0.1) is 0 Å². The molecule has 0 aromatic heterocycles. The summed E-state index contributed by atoms with van der Waals surface area (Å²) in [5, 5.41) is 0. The largest absolute Gasteiger partial charge is 0.277 e. The highest BCUT2D eigenvalue weighted by Crippen LogP contribution is 2.34. The van der Waals surface area contributed by atoms with Crippen molar-refractivity contribution in [3.05, 3.63) is 54.9 Å². The van der Waals surface area contributed by atoms with Crippen molar-refractivity contribution >= 4 is 63.5 Å². The number of aryl methyl sites for hydroxylation is 2. The van der Waals surface area contributed by atoms with Gasteiger partial charge in [0.15, 0.2) is 0 Å². The minimum absolute atomic E-state index is 0.247. The van der Waals surface area contributed by atoms with Gasteiger partial charge in [-0.1, -0.05) is 22.0 Å². The van der Waals surface area contributed by atoms with E-state index in [0.29, 0.717) is 20.2 Å². The molecule has 0 aliphatic heterocycles.